The summed E-state index contributed by atoms with van der Waals surface area (Å²) in [7, 11) is 1.72. The quantitative estimate of drug-likeness (QED) is 0.828. The number of nitrogens with one attached hydrogen (secondary N) is 1. The van der Waals surface area contributed by atoms with Crippen molar-refractivity contribution in [2.45, 2.75) is 25.8 Å². The lowest BCUT2D eigenvalue weighted by atomic mass is 10.0. The molecule has 0 aliphatic rings. The summed E-state index contributed by atoms with van der Waals surface area (Å²) in [5.41, 5.74) is 1.24. The molecule has 0 amide bonds. The number of methoxy groups -OCH3 is 1. The van der Waals surface area contributed by atoms with Crippen molar-refractivity contribution in [2.24, 2.45) is 0 Å². The first-order valence-electron chi connectivity index (χ1n) is 6.82. The summed E-state index contributed by atoms with van der Waals surface area (Å²) in [4.78, 5) is 1.32. The highest BCUT2D eigenvalue weighted by atomic mass is 35.5. The summed E-state index contributed by atoms with van der Waals surface area (Å²) < 4.78 is 6.29. The summed E-state index contributed by atoms with van der Waals surface area (Å²) in [5.74, 6) is 0.958. The van der Waals surface area contributed by atoms with Gasteiger partial charge in [0.2, 0.25) is 0 Å². The van der Waals surface area contributed by atoms with Crippen molar-refractivity contribution >= 4 is 22.9 Å². The zero-order chi connectivity index (χ0) is 14.4. The van der Waals surface area contributed by atoms with Crippen molar-refractivity contribution in [3.8, 4) is 5.75 Å². The molecule has 1 unspecified atom stereocenters. The Kier molecular flexibility index (Phi) is 5.89. The minimum Gasteiger partial charge on any atom is -0.496 e. The van der Waals surface area contributed by atoms with Crippen molar-refractivity contribution < 1.29 is 4.74 Å². The second-order valence-electron chi connectivity index (χ2n) is 4.68. The Morgan fingerprint density at radius 2 is 2.00 bits per heavy atom. The molecular weight excluding hydrogens is 290 g/mol. The highest BCUT2D eigenvalue weighted by molar-refractivity contribution is 7.16. The van der Waals surface area contributed by atoms with Gasteiger partial charge in [0.05, 0.1) is 11.4 Å². The fraction of sp³-hybridized carbons (Fsp3) is 0.375. The minimum absolute atomic E-state index is 0.394. The zero-order valence-electron chi connectivity index (χ0n) is 11.9. The lowest BCUT2D eigenvalue weighted by Gasteiger charge is -2.18. The smallest absolute Gasteiger partial charge is 0.122 e. The van der Waals surface area contributed by atoms with Gasteiger partial charge in [-0.2, -0.15) is 0 Å². The lowest BCUT2D eigenvalue weighted by Crippen LogP contribution is -2.32. The van der Waals surface area contributed by atoms with Crippen molar-refractivity contribution in [1.82, 2.24) is 5.32 Å². The van der Waals surface area contributed by atoms with Crippen LogP contribution in [0, 0.1) is 0 Å². The fourth-order valence-electron chi connectivity index (χ4n) is 2.35. The van der Waals surface area contributed by atoms with Crippen LogP contribution < -0.4 is 10.1 Å². The van der Waals surface area contributed by atoms with E-state index in [1.165, 1.54) is 10.4 Å². The summed E-state index contributed by atoms with van der Waals surface area (Å²) in [5, 5.41) is 3.55. The molecule has 0 saturated carbocycles. The van der Waals surface area contributed by atoms with Gasteiger partial charge in [0.1, 0.15) is 5.75 Å². The van der Waals surface area contributed by atoms with Crippen LogP contribution in [-0.2, 0) is 12.8 Å². The molecule has 20 heavy (non-hydrogen) atoms. The number of benzene rings is 1. The van der Waals surface area contributed by atoms with E-state index in [4.69, 9.17) is 16.3 Å². The van der Waals surface area contributed by atoms with Crippen molar-refractivity contribution in [3.63, 3.8) is 0 Å². The summed E-state index contributed by atoms with van der Waals surface area (Å²) >= 11 is 7.66. The van der Waals surface area contributed by atoms with Crippen LogP contribution in [0.3, 0.4) is 0 Å². The van der Waals surface area contributed by atoms with Gasteiger partial charge in [0.15, 0.2) is 0 Å². The van der Waals surface area contributed by atoms with E-state index in [1.807, 2.05) is 18.2 Å². The number of ether oxygens (including phenoxy) is 1. The van der Waals surface area contributed by atoms with Gasteiger partial charge < -0.3 is 10.1 Å². The maximum absolute atomic E-state index is 6.01. The normalized spacial score (nSPS) is 12.3. The molecule has 0 radical (unpaired) electrons. The number of para-hydroxylation sites is 1. The number of likely N-dealkylation sites (N-methyl/N-ethyl adjacent to an activating group) is 1. The first-order valence-corrected chi connectivity index (χ1v) is 8.02. The minimum atomic E-state index is 0.394. The molecule has 0 spiro atoms. The molecular formula is C16H20ClNOS. The first-order chi connectivity index (χ1) is 9.72. The third kappa shape index (κ3) is 4.23. The lowest BCUT2D eigenvalue weighted by molar-refractivity contribution is 0.405. The highest BCUT2D eigenvalue weighted by Gasteiger charge is 2.13. The van der Waals surface area contributed by atoms with Crippen LogP contribution in [0.2, 0.25) is 4.34 Å². The Hall–Kier alpha value is -1.03. The largest absolute Gasteiger partial charge is 0.496 e. The van der Waals surface area contributed by atoms with Crippen LogP contribution in [0.1, 0.15) is 17.4 Å². The van der Waals surface area contributed by atoms with Crippen LogP contribution >= 0.6 is 22.9 Å². The SMILES string of the molecule is CCNC(Cc1ccc(Cl)s1)Cc1ccccc1OC. The average Bonchev–Trinajstić information content (AvgIpc) is 2.85. The molecule has 2 rings (SSSR count). The highest BCUT2D eigenvalue weighted by Crippen LogP contribution is 2.25. The van der Waals surface area contributed by atoms with Crippen molar-refractivity contribution in [1.29, 1.82) is 0 Å². The molecule has 0 fully saturated rings. The summed E-state index contributed by atoms with van der Waals surface area (Å²) in [6.07, 6.45) is 1.94. The molecule has 1 atom stereocenters. The molecule has 1 heterocycles. The van der Waals surface area contributed by atoms with Crippen molar-refractivity contribution in [3.05, 3.63) is 51.2 Å². The number of halogens is 1. The van der Waals surface area contributed by atoms with E-state index in [0.717, 1.165) is 29.5 Å². The Morgan fingerprint density at radius 1 is 1.20 bits per heavy atom. The predicted octanol–water partition coefficient (Wildman–Crippen LogP) is 4.17. The van der Waals surface area contributed by atoms with Crippen molar-refractivity contribution in [2.75, 3.05) is 13.7 Å². The Balaban J connectivity index is 2.08. The van der Waals surface area contributed by atoms with Crippen LogP contribution in [0.15, 0.2) is 36.4 Å². The molecule has 0 aliphatic carbocycles. The first kappa shape index (κ1) is 15.4. The molecule has 2 aromatic rings. The van der Waals surface area contributed by atoms with Crippen LogP contribution in [0.4, 0.5) is 0 Å². The molecule has 1 aromatic heterocycles. The van der Waals surface area contributed by atoms with E-state index in [9.17, 15) is 0 Å². The topological polar surface area (TPSA) is 21.3 Å². The van der Waals surface area contributed by atoms with E-state index in [-0.39, 0.29) is 0 Å². The van der Waals surface area contributed by atoms with Crippen LogP contribution in [0.5, 0.6) is 5.75 Å². The summed E-state index contributed by atoms with van der Waals surface area (Å²) in [6.45, 7) is 3.09. The number of thiophene rings is 1. The summed E-state index contributed by atoms with van der Waals surface area (Å²) in [6, 6.07) is 12.7. The second kappa shape index (κ2) is 7.67. The standard InChI is InChI=1S/C16H20ClNOS/c1-3-18-13(11-14-8-9-16(17)20-14)10-12-6-4-5-7-15(12)19-2/h4-9,13,18H,3,10-11H2,1-2H3. The predicted molar refractivity (Wildman–Crippen MR) is 87.2 cm³/mol. The van der Waals surface area contributed by atoms with E-state index < -0.39 is 0 Å². The Bertz CT molecular complexity index is 541. The molecule has 1 N–H and O–H groups in total. The molecule has 0 bridgehead atoms. The van der Waals surface area contributed by atoms with Gasteiger partial charge in [-0.05, 0) is 43.1 Å². The third-order valence-electron chi connectivity index (χ3n) is 3.23. The average molecular weight is 310 g/mol. The molecule has 4 heteroatoms. The van der Waals surface area contributed by atoms with Gasteiger partial charge >= 0.3 is 0 Å². The zero-order valence-corrected chi connectivity index (χ0v) is 13.4. The van der Waals surface area contributed by atoms with Crippen LogP contribution in [0.25, 0.3) is 0 Å². The molecule has 2 nitrogen and oxygen atoms in total. The van der Waals surface area contributed by atoms with Gasteiger partial charge in [-0.15, -0.1) is 11.3 Å². The van der Waals surface area contributed by atoms with E-state index >= 15 is 0 Å². The molecule has 1 aromatic carbocycles. The van der Waals surface area contributed by atoms with Gasteiger partial charge in [0.25, 0.3) is 0 Å². The van der Waals surface area contributed by atoms with Crippen LogP contribution in [-0.4, -0.2) is 19.7 Å². The van der Waals surface area contributed by atoms with E-state index in [2.05, 4.69) is 30.4 Å². The third-order valence-corrected chi connectivity index (χ3v) is 4.48. The maximum Gasteiger partial charge on any atom is 0.122 e. The second-order valence-corrected chi connectivity index (χ2v) is 6.48. The maximum atomic E-state index is 6.01. The molecule has 0 aliphatic heterocycles. The molecule has 108 valence electrons. The van der Waals surface area contributed by atoms with Gasteiger partial charge in [-0.25, -0.2) is 0 Å². The Labute approximate surface area is 129 Å². The van der Waals surface area contributed by atoms with E-state index in [0.29, 0.717) is 6.04 Å². The molecule has 0 saturated heterocycles. The van der Waals surface area contributed by atoms with Gasteiger partial charge in [-0.1, -0.05) is 36.7 Å². The monoisotopic (exact) mass is 309 g/mol. The number of hydrogen-bond acceptors (Lipinski definition) is 3. The van der Waals surface area contributed by atoms with Gasteiger partial charge in [-0.3, -0.25) is 0 Å². The van der Waals surface area contributed by atoms with Gasteiger partial charge in [0, 0.05) is 10.9 Å². The number of hydrogen-bond donors (Lipinski definition) is 1. The van der Waals surface area contributed by atoms with E-state index in [1.54, 1.807) is 18.4 Å². The Morgan fingerprint density at radius 3 is 2.65 bits per heavy atom. The fourth-order valence-corrected chi connectivity index (χ4v) is 3.51. The number of rotatable bonds is 7.